The van der Waals surface area contributed by atoms with E-state index in [0.717, 1.165) is 27.5 Å². The normalized spacial score (nSPS) is 12.3. The minimum absolute atomic E-state index is 0.164. The monoisotopic (exact) mass is 433 g/mol. The molecule has 2 heterocycles. The molecule has 0 atom stereocenters. The molecule has 4 rings (SSSR count). The second-order valence-electron chi connectivity index (χ2n) is 7.26. The number of ether oxygens (including phenoxy) is 2. The first-order valence-corrected chi connectivity index (χ1v) is 11.0. The molecule has 6 nitrogen and oxygen atoms in total. The van der Waals surface area contributed by atoms with E-state index in [9.17, 15) is 10.1 Å². The Hall–Kier alpha value is -3.37. The summed E-state index contributed by atoms with van der Waals surface area (Å²) < 4.78 is 13.1. The van der Waals surface area contributed by atoms with Crippen molar-refractivity contribution in [1.29, 1.82) is 5.26 Å². The summed E-state index contributed by atoms with van der Waals surface area (Å²) >= 11 is 1.42. The zero-order valence-electron chi connectivity index (χ0n) is 17.5. The van der Waals surface area contributed by atoms with Crippen molar-refractivity contribution in [3.8, 4) is 17.6 Å². The van der Waals surface area contributed by atoms with Crippen molar-refractivity contribution in [2.45, 2.75) is 25.3 Å². The largest absolute Gasteiger partial charge is 0.486 e. The fourth-order valence-corrected chi connectivity index (χ4v) is 4.25. The fourth-order valence-electron chi connectivity index (χ4n) is 3.52. The molecule has 0 radical (unpaired) electrons. The molecule has 0 unspecified atom stereocenters. The summed E-state index contributed by atoms with van der Waals surface area (Å²) in [5, 5.41) is 12.7. The SMILES string of the molecule is Cc1c(C#N)c(NC(=O)CSc2ccc3c(c2)OCCO3)n(Cc2ccccc2)c1C. The first kappa shape index (κ1) is 20.9. The third kappa shape index (κ3) is 4.54. The van der Waals surface area contributed by atoms with Crippen LogP contribution in [0.25, 0.3) is 0 Å². The molecule has 1 aliphatic heterocycles. The number of amides is 1. The van der Waals surface area contributed by atoms with Crippen LogP contribution in [-0.2, 0) is 11.3 Å². The van der Waals surface area contributed by atoms with Gasteiger partial charge in [0.05, 0.1) is 11.3 Å². The van der Waals surface area contributed by atoms with Gasteiger partial charge >= 0.3 is 0 Å². The zero-order valence-corrected chi connectivity index (χ0v) is 18.3. The van der Waals surface area contributed by atoms with Gasteiger partial charge in [0.25, 0.3) is 0 Å². The number of aromatic nitrogens is 1. The maximum absolute atomic E-state index is 12.8. The predicted molar refractivity (Wildman–Crippen MR) is 121 cm³/mol. The molecular weight excluding hydrogens is 410 g/mol. The number of hydrogen-bond acceptors (Lipinski definition) is 5. The van der Waals surface area contributed by atoms with E-state index in [4.69, 9.17) is 9.47 Å². The van der Waals surface area contributed by atoms with Gasteiger partial charge in [-0.3, -0.25) is 4.79 Å². The van der Waals surface area contributed by atoms with E-state index >= 15 is 0 Å². The summed E-state index contributed by atoms with van der Waals surface area (Å²) in [5.74, 6) is 2.03. The summed E-state index contributed by atoms with van der Waals surface area (Å²) in [6.07, 6.45) is 0. The Morgan fingerprint density at radius 1 is 1.13 bits per heavy atom. The summed E-state index contributed by atoms with van der Waals surface area (Å²) in [4.78, 5) is 13.7. The summed E-state index contributed by atoms with van der Waals surface area (Å²) in [5.41, 5.74) is 3.46. The molecule has 1 aliphatic rings. The second-order valence-corrected chi connectivity index (χ2v) is 8.31. The van der Waals surface area contributed by atoms with E-state index in [1.165, 1.54) is 11.8 Å². The summed E-state index contributed by atoms with van der Waals surface area (Å²) in [6.45, 7) is 5.54. The number of rotatable bonds is 6. The lowest BCUT2D eigenvalue weighted by atomic mass is 10.2. The Balaban J connectivity index is 1.50. The third-order valence-corrected chi connectivity index (χ3v) is 6.26. The molecule has 0 saturated heterocycles. The number of fused-ring (bicyclic) bond motifs is 1. The van der Waals surface area contributed by atoms with E-state index in [-0.39, 0.29) is 11.7 Å². The van der Waals surface area contributed by atoms with Gasteiger partial charge in [-0.25, -0.2) is 0 Å². The highest BCUT2D eigenvalue weighted by Gasteiger charge is 2.20. The number of anilines is 1. The standard InChI is InChI=1S/C24H23N3O3S/c1-16-17(2)27(14-18-6-4-3-5-7-18)24(20(16)13-25)26-23(28)15-31-19-8-9-21-22(12-19)30-11-10-29-21/h3-9,12H,10-11,14-15H2,1-2H3,(H,26,28). The molecule has 1 N–H and O–H groups in total. The molecule has 2 aromatic carbocycles. The van der Waals surface area contributed by atoms with E-state index in [1.54, 1.807) is 0 Å². The molecular formula is C24H23N3O3S. The molecule has 7 heteroatoms. The molecule has 1 aromatic heterocycles. The Morgan fingerprint density at radius 3 is 2.61 bits per heavy atom. The van der Waals surface area contributed by atoms with Crippen LogP contribution < -0.4 is 14.8 Å². The van der Waals surface area contributed by atoms with Crippen LogP contribution in [0.3, 0.4) is 0 Å². The van der Waals surface area contributed by atoms with Gasteiger partial charge in [0.15, 0.2) is 11.5 Å². The molecule has 0 spiro atoms. The van der Waals surface area contributed by atoms with E-state index in [2.05, 4.69) is 11.4 Å². The number of nitrogens with zero attached hydrogens (tertiary/aromatic N) is 2. The van der Waals surface area contributed by atoms with E-state index in [1.807, 2.05) is 66.9 Å². The fraction of sp³-hybridized carbons (Fsp3) is 0.250. The first-order chi connectivity index (χ1) is 15.1. The molecule has 31 heavy (non-hydrogen) atoms. The molecule has 1 amide bonds. The van der Waals surface area contributed by atoms with Crippen molar-refractivity contribution in [3.63, 3.8) is 0 Å². The van der Waals surface area contributed by atoms with Crippen LogP contribution in [0, 0.1) is 25.2 Å². The van der Waals surface area contributed by atoms with E-state index in [0.29, 0.717) is 36.9 Å². The number of hydrogen-bond donors (Lipinski definition) is 1. The lowest BCUT2D eigenvalue weighted by Crippen LogP contribution is -2.18. The van der Waals surface area contributed by atoms with Crippen LogP contribution >= 0.6 is 11.8 Å². The number of nitriles is 1. The first-order valence-electron chi connectivity index (χ1n) is 10.0. The van der Waals surface area contributed by atoms with Gasteiger partial charge in [-0.05, 0) is 43.2 Å². The van der Waals surface area contributed by atoms with Crippen molar-refractivity contribution >= 4 is 23.5 Å². The molecule has 3 aromatic rings. The van der Waals surface area contributed by atoms with Gasteiger partial charge < -0.3 is 19.4 Å². The number of carbonyl (C=O) groups is 1. The lowest BCUT2D eigenvalue weighted by Gasteiger charge is -2.18. The van der Waals surface area contributed by atoms with Crippen LogP contribution in [-0.4, -0.2) is 29.4 Å². The van der Waals surface area contributed by atoms with Gasteiger partial charge in [-0.1, -0.05) is 30.3 Å². The van der Waals surface area contributed by atoms with Crippen LogP contribution in [0.15, 0.2) is 53.4 Å². The Morgan fingerprint density at radius 2 is 1.87 bits per heavy atom. The van der Waals surface area contributed by atoms with Crippen molar-refractivity contribution in [3.05, 3.63) is 70.9 Å². The zero-order chi connectivity index (χ0) is 21.8. The maximum atomic E-state index is 12.8. The number of carbonyl (C=O) groups excluding carboxylic acids is 1. The Labute approximate surface area is 185 Å². The second kappa shape index (κ2) is 9.19. The van der Waals surface area contributed by atoms with Crippen LogP contribution in [0.5, 0.6) is 11.5 Å². The van der Waals surface area contributed by atoms with Crippen LogP contribution in [0.1, 0.15) is 22.4 Å². The number of benzene rings is 2. The van der Waals surface area contributed by atoms with Gasteiger partial charge in [0.1, 0.15) is 25.1 Å². The summed E-state index contributed by atoms with van der Waals surface area (Å²) in [7, 11) is 0. The smallest absolute Gasteiger partial charge is 0.235 e. The quantitative estimate of drug-likeness (QED) is 0.578. The summed E-state index contributed by atoms with van der Waals surface area (Å²) in [6, 6.07) is 17.9. The Bertz CT molecular complexity index is 1150. The lowest BCUT2D eigenvalue weighted by molar-refractivity contribution is -0.113. The van der Waals surface area contributed by atoms with Gasteiger partial charge in [0, 0.05) is 17.1 Å². The van der Waals surface area contributed by atoms with Crippen LogP contribution in [0.2, 0.25) is 0 Å². The average molecular weight is 434 g/mol. The maximum Gasteiger partial charge on any atom is 0.235 e. The number of thioether (sulfide) groups is 1. The highest BCUT2D eigenvalue weighted by atomic mass is 32.2. The molecule has 158 valence electrons. The van der Waals surface area contributed by atoms with Gasteiger partial charge in [-0.2, -0.15) is 5.26 Å². The van der Waals surface area contributed by atoms with Crippen LogP contribution in [0.4, 0.5) is 5.82 Å². The average Bonchev–Trinajstić information content (AvgIpc) is 3.02. The van der Waals surface area contributed by atoms with Crippen molar-refractivity contribution in [1.82, 2.24) is 4.57 Å². The van der Waals surface area contributed by atoms with Crippen molar-refractivity contribution in [2.75, 3.05) is 24.3 Å². The molecule has 0 fully saturated rings. The number of nitrogens with one attached hydrogen (secondary N) is 1. The molecule has 0 saturated carbocycles. The Kier molecular flexibility index (Phi) is 6.19. The topological polar surface area (TPSA) is 76.3 Å². The van der Waals surface area contributed by atoms with Gasteiger partial charge in [0.2, 0.25) is 5.91 Å². The highest BCUT2D eigenvalue weighted by molar-refractivity contribution is 8.00. The minimum Gasteiger partial charge on any atom is -0.486 e. The van der Waals surface area contributed by atoms with Crippen molar-refractivity contribution < 1.29 is 14.3 Å². The third-order valence-electron chi connectivity index (χ3n) is 5.27. The van der Waals surface area contributed by atoms with Crippen molar-refractivity contribution in [2.24, 2.45) is 0 Å². The molecule has 0 aliphatic carbocycles. The minimum atomic E-state index is -0.164. The highest BCUT2D eigenvalue weighted by Crippen LogP contribution is 2.34. The molecule has 0 bridgehead atoms. The van der Waals surface area contributed by atoms with E-state index < -0.39 is 0 Å². The van der Waals surface area contributed by atoms with Gasteiger partial charge in [-0.15, -0.1) is 11.8 Å². The predicted octanol–water partition coefficient (Wildman–Crippen LogP) is 4.53.